The first-order chi connectivity index (χ1) is 8.86. The van der Waals surface area contributed by atoms with Crippen LogP contribution in [0.3, 0.4) is 0 Å². The third kappa shape index (κ3) is 7.79. The number of nitrogens with one attached hydrogen (secondary N) is 2. The van der Waals surface area contributed by atoms with E-state index in [2.05, 4.69) is 5.43 Å². The van der Waals surface area contributed by atoms with Gasteiger partial charge in [0.1, 0.15) is 5.75 Å². The average Bonchev–Trinajstić information content (AvgIpc) is 2.37. The highest BCUT2D eigenvalue weighted by atomic mass is 16.7. The molecule has 0 spiro atoms. The van der Waals surface area contributed by atoms with Gasteiger partial charge in [0.05, 0.1) is 12.8 Å². The second-order valence-corrected chi connectivity index (χ2v) is 2.84. The molecule has 0 aromatic heterocycles. The highest BCUT2D eigenvalue weighted by Crippen LogP contribution is 2.15. The minimum atomic E-state index is -1.82. The van der Waals surface area contributed by atoms with Crippen LogP contribution < -0.4 is 15.7 Å². The van der Waals surface area contributed by atoms with Gasteiger partial charge in [-0.25, -0.2) is 25.1 Å². The second kappa shape index (κ2) is 8.11. The lowest BCUT2D eigenvalue weighted by Gasteiger charge is -2.03. The first kappa shape index (κ1) is 16.0. The van der Waals surface area contributed by atoms with Gasteiger partial charge in [-0.05, 0) is 17.7 Å². The SMILES string of the molecule is COc1cccc(NN[N+](=O)[O-])c1.O=C(O)C(=O)O. The van der Waals surface area contributed by atoms with E-state index >= 15 is 0 Å². The minimum absolute atomic E-state index is 0.566. The summed E-state index contributed by atoms with van der Waals surface area (Å²) in [5, 5.41) is 24.0. The molecule has 0 saturated heterocycles. The smallest absolute Gasteiger partial charge is 0.414 e. The van der Waals surface area contributed by atoms with Gasteiger partial charge in [0.15, 0.2) is 5.03 Å². The van der Waals surface area contributed by atoms with Gasteiger partial charge in [0, 0.05) is 6.07 Å². The van der Waals surface area contributed by atoms with Crippen LogP contribution in [0.4, 0.5) is 5.69 Å². The fourth-order valence-electron chi connectivity index (χ4n) is 0.811. The second-order valence-electron chi connectivity index (χ2n) is 2.84. The van der Waals surface area contributed by atoms with Crippen LogP contribution >= 0.6 is 0 Å². The zero-order chi connectivity index (χ0) is 14.8. The van der Waals surface area contributed by atoms with Crippen molar-refractivity contribution in [1.29, 1.82) is 0 Å². The van der Waals surface area contributed by atoms with Crippen LogP contribution in [0.15, 0.2) is 24.3 Å². The summed E-state index contributed by atoms with van der Waals surface area (Å²) in [5.74, 6) is -3.01. The van der Waals surface area contributed by atoms with Gasteiger partial charge in [-0.1, -0.05) is 6.07 Å². The van der Waals surface area contributed by atoms with Crippen molar-refractivity contribution < 1.29 is 29.6 Å². The molecule has 0 fully saturated rings. The van der Waals surface area contributed by atoms with Crippen LogP contribution in [0.25, 0.3) is 0 Å². The Morgan fingerprint density at radius 1 is 1.32 bits per heavy atom. The van der Waals surface area contributed by atoms with E-state index in [4.69, 9.17) is 24.5 Å². The fraction of sp³-hybridized carbons (Fsp3) is 0.111. The first-order valence-electron chi connectivity index (χ1n) is 4.63. The maximum Gasteiger partial charge on any atom is 0.414 e. The molecule has 0 unspecified atom stereocenters. The molecule has 10 nitrogen and oxygen atoms in total. The lowest BCUT2D eigenvalue weighted by atomic mass is 10.3. The number of carboxylic acids is 2. The van der Waals surface area contributed by atoms with E-state index in [0.29, 0.717) is 11.4 Å². The normalized spacial score (nSPS) is 8.47. The number of carbonyl (C=O) groups is 2. The Balaban J connectivity index is 0.000000459. The van der Waals surface area contributed by atoms with E-state index in [1.165, 1.54) is 7.11 Å². The number of carboxylic acid groups (broad SMARTS) is 2. The Morgan fingerprint density at radius 3 is 2.32 bits per heavy atom. The fourth-order valence-corrected chi connectivity index (χ4v) is 0.811. The third-order valence-electron chi connectivity index (χ3n) is 1.54. The number of rotatable bonds is 4. The van der Waals surface area contributed by atoms with E-state index in [0.717, 1.165) is 0 Å². The summed E-state index contributed by atoms with van der Waals surface area (Å²) in [6, 6.07) is 6.79. The number of aliphatic carboxylic acids is 2. The van der Waals surface area contributed by atoms with E-state index in [1.54, 1.807) is 24.3 Å². The number of hydrogen-bond donors (Lipinski definition) is 4. The maximum atomic E-state index is 9.93. The van der Waals surface area contributed by atoms with Crippen LogP contribution in [0.5, 0.6) is 5.75 Å². The maximum absolute atomic E-state index is 9.93. The monoisotopic (exact) mass is 273 g/mol. The van der Waals surface area contributed by atoms with E-state index in [-0.39, 0.29) is 0 Å². The number of benzene rings is 1. The van der Waals surface area contributed by atoms with Crippen LogP contribution in [-0.2, 0) is 9.59 Å². The minimum Gasteiger partial charge on any atom is -0.497 e. The molecule has 0 aliphatic heterocycles. The summed E-state index contributed by atoms with van der Waals surface area (Å²) in [7, 11) is 1.53. The summed E-state index contributed by atoms with van der Waals surface area (Å²) < 4.78 is 4.92. The Hall–Kier alpha value is -3.04. The molecule has 0 aliphatic carbocycles. The van der Waals surface area contributed by atoms with Crippen molar-refractivity contribution in [2.24, 2.45) is 0 Å². The predicted molar refractivity (Wildman–Crippen MR) is 62.0 cm³/mol. The van der Waals surface area contributed by atoms with Crippen LogP contribution in [0.2, 0.25) is 0 Å². The number of anilines is 1. The van der Waals surface area contributed by atoms with E-state index < -0.39 is 17.0 Å². The quantitative estimate of drug-likeness (QED) is 0.336. The topological polar surface area (TPSA) is 151 Å². The van der Waals surface area contributed by atoms with E-state index in [1.807, 2.05) is 5.53 Å². The molecular formula is C9H11N3O7. The summed E-state index contributed by atoms with van der Waals surface area (Å²) in [6.45, 7) is 0. The summed E-state index contributed by atoms with van der Waals surface area (Å²) in [5.41, 5.74) is 4.79. The first-order valence-corrected chi connectivity index (χ1v) is 4.63. The third-order valence-corrected chi connectivity index (χ3v) is 1.54. The lowest BCUT2D eigenvalue weighted by molar-refractivity contribution is -0.538. The van der Waals surface area contributed by atoms with Gasteiger partial charge in [-0.3, -0.25) is 0 Å². The molecule has 4 N–H and O–H groups in total. The van der Waals surface area contributed by atoms with Crippen LogP contribution in [0.1, 0.15) is 0 Å². The Morgan fingerprint density at radius 2 is 1.89 bits per heavy atom. The standard InChI is InChI=1S/C7H9N3O3.C2H2O4/c1-13-7-4-2-3-6(5-7)8-9-10(11)12;3-1(4)2(5)6/h2-5,8-9H,1H3;(H,3,4)(H,5,6). The van der Waals surface area contributed by atoms with E-state index in [9.17, 15) is 10.1 Å². The molecule has 0 aliphatic rings. The predicted octanol–water partition coefficient (Wildman–Crippen LogP) is -0.0410. The van der Waals surface area contributed by atoms with Crippen molar-refractivity contribution >= 4 is 17.6 Å². The van der Waals surface area contributed by atoms with Gasteiger partial charge in [-0.2, -0.15) is 0 Å². The van der Waals surface area contributed by atoms with Crippen molar-refractivity contribution in [3.8, 4) is 5.75 Å². The summed E-state index contributed by atoms with van der Waals surface area (Å²) in [4.78, 5) is 28.1. The number of nitro groups is 1. The van der Waals surface area contributed by atoms with Crippen molar-refractivity contribution in [3.63, 3.8) is 0 Å². The molecule has 0 bridgehead atoms. The summed E-state index contributed by atoms with van der Waals surface area (Å²) in [6.07, 6.45) is 0. The zero-order valence-corrected chi connectivity index (χ0v) is 9.69. The largest absolute Gasteiger partial charge is 0.497 e. The average molecular weight is 273 g/mol. The van der Waals surface area contributed by atoms with Crippen LogP contribution in [0, 0.1) is 10.1 Å². The van der Waals surface area contributed by atoms with Crippen molar-refractivity contribution in [2.75, 3.05) is 12.5 Å². The number of nitrogens with zero attached hydrogens (tertiary/aromatic N) is 1. The highest BCUT2D eigenvalue weighted by Gasteiger charge is 2.04. The van der Waals surface area contributed by atoms with Crippen LogP contribution in [-0.4, -0.2) is 34.3 Å². The lowest BCUT2D eigenvalue weighted by Crippen LogP contribution is -2.27. The molecule has 1 rings (SSSR count). The van der Waals surface area contributed by atoms with Crippen molar-refractivity contribution in [2.45, 2.75) is 0 Å². The molecule has 10 heteroatoms. The highest BCUT2D eigenvalue weighted by molar-refractivity contribution is 6.27. The van der Waals surface area contributed by atoms with Gasteiger partial charge in [0.25, 0.3) is 0 Å². The molecule has 1 aromatic rings. The molecule has 0 saturated carbocycles. The zero-order valence-electron chi connectivity index (χ0n) is 9.69. The van der Waals surface area contributed by atoms with Crippen molar-refractivity contribution in [1.82, 2.24) is 5.53 Å². The number of ether oxygens (including phenoxy) is 1. The molecule has 104 valence electrons. The summed E-state index contributed by atoms with van der Waals surface area (Å²) >= 11 is 0. The molecule has 19 heavy (non-hydrogen) atoms. The molecule has 0 atom stereocenters. The van der Waals surface area contributed by atoms with Gasteiger partial charge in [-0.15, -0.1) is 0 Å². The van der Waals surface area contributed by atoms with Gasteiger partial charge in [0.2, 0.25) is 0 Å². The molecule has 0 heterocycles. The van der Waals surface area contributed by atoms with Gasteiger partial charge < -0.3 is 14.9 Å². The molecular weight excluding hydrogens is 262 g/mol. The Bertz CT molecular complexity index is 451. The number of hydrazine groups is 2. The number of methoxy groups -OCH3 is 1. The Labute approximate surface area is 106 Å². The Kier molecular flexibility index (Phi) is 6.81. The van der Waals surface area contributed by atoms with Gasteiger partial charge >= 0.3 is 11.9 Å². The molecule has 0 amide bonds. The molecule has 0 radical (unpaired) electrons. The van der Waals surface area contributed by atoms with Crippen molar-refractivity contribution in [3.05, 3.63) is 34.4 Å². The molecule has 1 aromatic carbocycles. The number of hydrogen-bond acceptors (Lipinski definition) is 6.